The molecule has 1 heterocycles. The molecule has 2 rings (SSSR count). The SMILES string of the molecule is COc1ccc(OC)c(N2CC(CO)COC2=O)c1. The zero-order valence-corrected chi connectivity index (χ0v) is 11.0. The Morgan fingerprint density at radius 2 is 2.21 bits per heavy atom. The number of hydrogen-bond donors (Lipinski definition) is 1. The standard InChI is InChI=1S/C13H17NO5/c1-17-10-3-4-12(18-2)11(5-10)14-6-9(7-15)8-19-13(14)16/h3-5,9,15H,6-8H2,1-2H3. The van der Waals surface area contributed by atoms with Crippen LogP contribution in [0.2, 0.25) is 0 Å². The average Bonchev–Trinajstić information content (AvgIpc) is 2.47. The van der Waals surface area contributed by atoms with Gasteiger partial charge in [0.05, 0.1) is 33.1 Å². The number of aliphatic hydroxyl groups is 1. The molecule has 1 N–H and O–H groups in total. The van der Waals surface area contributed by atoms with Crippen molar-refractivity contribution in [3.05, 3.63) is 18.2 Å². The maximum Gasteiger partial charge on any atom is 0.414 e. The molecule has 1 unspecified atom stereocenters. The van der Waals surface area contributed by atoms with E-state index in [-0.39, 0.29) is 19.1 Å². The highest BCUT2D eigenvalue weighted by atomic mass is 16.6. The van der Waals surface area contributed by atoms with E-state index in [0.29, 0.717) is 23.7 Å². The number of cyclic esters (lactones) is 1. The molecule has 0 saturated carbocycles. The van der Waals surface area contributed by atoms with E-state index in [4.69, 9.17) is 14.2 Å². The van der Waals surface area contributed by atoms with Gasteiger partial charge in [0.1, 0.15) is 11.5 Å². The lowest BCUT2D eigenvalue weighted by Crippen LogP contribution is -2.44. The molecule has 1 aromatic carbocycles. The molecule has 1 aromatic rings. The zero-order valence-electron chi connectivity index (χ0n) is 11.0. The Labute approximate surface area is 111 Å². The summed E-state index contributed by atoms with van der Waals surface area (Å²) in [6, 6.07) is 5.19. The summed E-state index contributed by atoms with van der Waals surface area (Å²) in [5, 5.41) is 9.20. The molecule has 1 fully saturated rings. The van der Waals surface area contributed by atoms with E-state index in [0.717, 1.165) is 0 Å². The second-order valence-electron chi connectivity index (χ2n) is 4.27. The monoisotopic (exact) mass is 267 g/mol. The second kappa shape index (κ2) is 5.79. The van der Waals surface area contributed by atoms with Crippen molar-refractivity contribution < 1.29 is 24.1 Å². The Kier molecular flexibility index (Phi) is 4.11. The van der Waals surface area contributed by atoms with Gasteiger partial charge >= 0.3 is 6.09 Å². The van der Waals surface area contributed by atoms with Crippen molar-refractivity contribution >= 4 is 11.8 Å². The van der Waals surface area contributed by atoms with Crippen LogP contribution in [-0.4, -0.2) is 45.2 Å². The minimum absolute atomic E-state index is 0.0317. The predicted molar refractivity (Wildman–Crippen MR) is 68.8 cm³/mol. The highest BCUT2D eigenvalue weighted by Crippen LogP contribution is 2.34. The lowest BCUT2D eigenvalue weighted by Gasteiger charge is -2.32. The second-order valence-corrected chi connectivity index (χ2v) is 4.27. The number of carbonyl (C=O) groups excluding carboxylic acids is 1. The third-order valence-corrected chi connectivity index (χ3v) is 3.04. The van der Waals surface area contributed by atoms with Gasteiger partial charge in [-0.25, -0.2) is 4.79 Å². The van der Waals surface area contributed by atoms with Crippen LogP contribution in [0.15, 0.2) is 18.2 Å². The molecule has 1 aliphatic heterocycles. The largest absolute Gasteiger partial charge is 0.497 e. The van der Waals surface area contributed by atoms with Crippen molar-refractivity contribution in [3.8, 4) is 11.5 Å². The molecular formula is C13H17NO5. The van der Waals surface area contributed by atoms with E-state index >= 15 is 0 Å². The molecule has 0 radical (unpaired) electrons. The first-order valence-corrected chi connectivity index (χ1v) is 5.96. The number of ether oxygens (including phenoxy) is 3. The summed E-state index contributed by atoms with van der Waals surface area (Å²) in [5.41, 5.74) is 0.574. The van der Waals surface area contributed by atoms with Crippen molar-refractivity contribution in [1.82, 2.24) is 0 Å². The van der Waals surface area contributed by atoms with Crippen molar-refractivity contribution in [3.63, 3.8) is 0 Å². The molecule has 0 aliphatic carbocycles. The van der Waals surface area contributed by atoms with Crippen LogP contribution in [0.1, 0.15) is 0 Å². The van der Waals surface area contributed by atoms with Crippen molar-refractivity contribution in [2.45, 2.75) is 0 Å². The molecule has 19 heavy (non-hydrogen) atoms. The highest BCUT2D eigenvalue weighted by molar-refractivity contribution is 5.90. The van der Waals surface area contributed by atoms with Gasteiger partial charge in [-0.1, -0.05) is 0 Å². The Hall–Kier alpha value is -1.95. The van der Waals surface area contributed by atoms with Gasteiger partial charge in [-0.2, -0.15) is 0 Å². The molecule has 104 valence electrons. The number of anilines is 1. The van der Waals surface area contributed by atoms with Crippen LogP contribution in [0, 0.1) is 5.92 Å². The number of aliphatic hydroxyl groups excluding tert-OH is 1. The van der Waals surface area contributed by atoms with E-state index in [2.05, 4.69) is 0 Å². The van der Waals surface area contributed by atoms with E-state index in [1.807, 2.05) is 0 Å². The van der Waals surface area contributed by atoms with Gasteiger partial charge in [-0.15, -0.1) is 0 Å². The molecule has 0 bridgehead atoms. The first-order chi connectivity index (χ1) is 9.19. The highest BCUT2D eigenvalue weighted by Gasteiger charge is 2.30. The maximum absolute atomic E-state index is 11.8. The molecule has 1 amide bonds. The predicted octanol–water partition coefficient (Wildman–Crippen LogP) is 1.27. The van der Waals surface area contributed by atoms with Crippen LogP contribution in [0.3, 0.4) is 0 Å². The number of carbonyl (C=O) groups is 1. The van der Waals surface area contributed by atoms with Crippen molar-refractivity contribution in [2.75, 3.05) is 38.9 Å². The summed E-state index contributed by atoms with van der Waals surface area (Å²) in [7, 11) is 3.08. The van der Waals surface area contributed by atoms with Gasteiger partial charge in [-0.05, 0) is 12.1 Å². The fourth-order valence-corrected chi connectivity index (χ4v) is 1.97. The summed E-state index contributed by atoms with van der Waals surface area (Å²) < 4.78 is 15.4. The van der Waals surface area contributed by atoms with Crippen LogP contribution in [-0.2, 0) is 4.74 Å². The number of nitrogens with zero attached hydrogens (tertiary/aromatic N) is 1. The van der Waals surface area contributed by atoms with Crippen molar-refractivity contribution in [1.29, 1.82) is 0 Å². The smallest absolute Gasteiger partial charge is 0.414 e. The first kappa shape index (κ1) is 13.5. The minimum Gasteiger partial charge on any atom is -0.497 e. The van der Waals surface area contributed by atoms with Gasteiger partial charge in [0.15, 0.2) is 0 Å². The fraction of sp³-hybridized carbons (Fsp3) is 0.462. The van der Waals surface area contributed by atoms with Crippen LogP contribution >= 0.6 is 0 Å². The number of amides is 1. The average molecular weight is 267 g/mol. The van der Waals surface area contributed by atoms with E-state index in [1.165, 1.54) is 12.0 Å². The normalized spacial score (nSPS) is 19.0. The molecule has 0 aromatic heterocycles. The molecule has 6 nitrogen and oxygen atoms in total. The summed E-state index contributed by atoms with van der Waals surface area (Å²) in [5.74, 6) is 1.07. The molecular weight excluding hydrogens is 250 g/mol. The van der Waals surface area contributed by atoms with E-state index in [1.54, 1.807) is 25.3 Å². The summed E-state index contributed by atoms with van der Waals surface area (Å²) in [6.07, 6.45) is -0.448. The molecule has 6 heteroatoms. The van der Waals surface area contributed by atoms with Crippen molar-refractivity contribution in [2.24, 2.45) is 5.92 Å². The van der Waals surface area contributed by atoms with Gasteiger partial charge < -0.3 is 19.3 Å². The van der Waals surface area contributed by atoms with Crippen LogP contribution in [0.4, 0.5) is 10.5 Å². The van der Waals surface area contributed by atoms with Gasteiger partial charge in [0.2, 0.25) is 0 Å². The lowest BCUT2D eigenvalue weighted by molar-refractivity contribution is 0.0898. The molecule has 0 spiro atoms. The lowest BCUT2D eigenvalue weighted by atomic mass is 10.1. The van der Waals surface area contributed by atoms with E-state index < -0.39 is 6.09 Å². The number of methoxy groups -OCH3 is 2. The Bertz CT molecular complexity index is 462. The van der Waals surface area contributed by atoms with Gasteiger partial charge in [0, 0.05) is 18.5 Å². The summed E-state index contributed by atoms with van der Waals surface area (Å²) in [6.45, 7) is 0.590. The maximum atomic E-state index is 11.8. The van der Waals surface area contributed by atoms with Crippen LogP contribution in [0.5, 0.6) is 11.5 Å². The first-order valence-electron chi connectivity index (χ1n) is 5.96. The number of hydrogen-bond acceptors (Lipinski definition) is 5. The Morgan fingerprint density at radius 3 is 2.84 bits per heavy atom. The van der Waals surface area contributed by atoms with E-state index in [9.17, 15) is 9.90 Å². The third kappa shape index (κ3) is 2.73. The Morgan fingerprint density at radius 1 is 1.42 bits per heavy atom. The van der Waals surface area contributed by atoms with Crippen LogP contribution in [0.25, 0.3) is 0 Å². The van der Waals surface area contributed by atoms with Gasteiger partial charge in [0.25, 0.3) is 0 Å². The number of benzene rings is 1. The summed E-state index contributed by atoms with van der Waals surface area (Å²) >= 11 is 0. The summed E-state index contributed by atoms with van der Waals surface area (Å²) in [4.78, 5) is 13.3. The molecule has 1 atom stereocenters. The topological polar surface area (TPSA) is 68.2 Å². The molecule has 1 aliphatic rings. The number of rotatable bonds is 4. The fourth-order valence-electron chi connectivity index (χ4n) is 1.97. The molecule has 1 saturated heterocycles. The Balaban J connectivity index is 2.34. The quantitative estimate of drug-likeness (QED) is 0.889. The minimum atomic E-state index is -0.448. The zero-order chi connectivity index (χ0) is 13.8. The van der Waals surface area contributed by atoms with Crippen LogP contribution < -0.4 is 14.4 Å². The third-order valence-electron chi connectivity index (χ3n) is 3.04. The van der Waals surface area contributed by atoms with Gasteiger partial charge in [-0.3, -0.25) is 4.90 Å².